The summed E-state index contributed by atoms with van der Waals surface area (Å²) in [6.45, 7) is 0.670. The molecule has 0 atom stereocenters. The van der Waals surface area contributed by atoms with Crippen LogP contribution in [0.2, 0.25) is 0 Å². The largest absolute Gasteiger partial charge is 0.420 e. The number of anilines is 1. The van der Waals surface area contributed by atoms with Crippen LogP contribution in [0.25, 0.3) is 11.1 Å². The van der Waals surface area contributed by atoms with Crippen LogP contribution in [0.3, 0.4) is 0 Å². The molecule has 1 aromatic carbocycles. The summed E-state index contributed by atoms with van der Waals surface area (Å²) in [7, 11) is 0. The Kier molecular flexibility index (Phi) is 2.33. The Hall–Kier alpha value is -2.37. The van der Waals surface area contributed by atoms with Crippen LogP contribution in [-0.4, -0.2) is 21.3 Å². The van der Waals surface area contributed by atoms with Crippen molar-refractivity contribution in [1.82, 2.24) is 14.8 Å². The van der Waals surface area contributed by atoms with E-state index in [1.165, 1.54) is 6.07 Å². The van der Waals surface area contributed by atoms with Crippen molar-refractivity contribution in [2.24, 2.45) is 0 Å². The second-order valence-corrected chi connectivity index (χ2v) is 5.14. The SMILES string of the molecule is Fc1cccc2nc(NCC3(n4cccn4)CC3)oc12. The molecule has 102 valence electrons. The molecule has 0 aliphatic heterocycles. The number of rotatable bonds is 4. The number of aromatic nitrogens is 3. The van der Waals surface area contributed by atoms with Crippen LogP contribution < -0.4 is 5.32 Å². The van der Waals surface area contributed by atoms with Crippen LogP contribution in [-0.2, 0) is 5.54 Å². The Balaban J connectivity index is 1.55. The minimum atomic E-state index is -0.392. The Morgan fingerprint density at radius 1 is 1.35 bits per heavy atom. The number of nitrogens with one attached hydrogen (secondary N) is 1. The fourth-order valence-electron chi connectivity index (χ4n) is 2.41. The topological polar surface area (TPSA) is 55.9 Å². The third-order valence-corrected chi connectivity index (χ3v) is 3.75. The minimum Gasteiger partial charge on any atom is -0.420 e. The molecule has 0 saturated heterocycles. The first-order chi connectivity index (χ1) is 9.77. The molecule has 2 aromatic heterocycles. The number of oxazole rings is 1. The highest BCUT2D eigenvalue weighted by Crippen LogP contribution is 2.42. The predicted molar refractivity (Wildman–Crippen MR) is 71.9 cm³/mol. The predicted octanol–water partition coefficient (Wildman–Crippen LogP) is 2.76. The van der Waals surface area contributed by atoms with E-state index in [-0.39, 0.29) is 11.1 Å². The summed E-state index contributed by atoms with van der Waals surface area (Å²) >= 11 is 0. The molecule has 1 saturated carbocycles. The van der Waals surface area contributed by atoms with E-state index in [1.807, 2.05) is 16.9 Å². The summed E-state index contributed by atoms with van der Waals surface area (Å²) in [4.78, 5) is 4.24. The summed E-state index contributed by atoms with van der Waals surface area (Å²) in [6.07, 6.45) is 5.86. The van der Waals surface area contributed by atoms with Crippen molar-refractivity contribution in [3.05, 3.63) is 42.5 Å². The standard InChI is InChI=1S/C14H13FN4O/c15-10-3-1-4-11-12(10)20-13(18-11)16-9-14(5-6-14)19-8-2-7-17-19/h1-4,7-8H,5-6,9H2,(H,16,18). The van der Waals surface area contributed by atoms with E-state index in [4.69, 9.17) is 4.42 Å². The maximum absolute atomic E-state index is 13.5. The van der Waals surface area contributed by atoms with Crippen LogP contribution >= 0.6 is 0 Å². The lowest BCUT2D eigenvalue weighted by Gasteiger charge is -2.15. The Labute approximate surface area is 114 Å². The zero-order chi connectivity index (χ0) is 13.6. The number of fused-ring (bicyclic) bond motifs is 1. The van der Waals surface area contributed by atoms with Crippen LogP contribution in [0.15, 0.2) is 41.1 Å². The molecule has 5 nitrogen and oxygen atoms in total. The van der Waals surface area contributed by atoms with E-state index in [0.717, 1.165) is 12.8 Å². The van der Waals surface area contributed by atoms with Gasteiger partial charge < -0.3 is 9.73 Å². The molecule has 3 aromatic rings. The highest BCUT2D eigenvalue weighted by Gasteiger charge is 2.45. The van der Waals surface area contributed by atoms with Gasteiger partial charge in [-0.25, -0.2) is 4.39 Å². The third kappa shape index (κ3) is 1.76. The summed E-state index contributed by atoms with van der Waals surface area (Å²) < 4.78 is 20.9. The zero-order valence-electron chi connectivity index (χ0n) is 10.7. The first kappa shape index (κ1) is 11.5. The minimum absolute atomic E-state index is 0.00268. The maximum Gasteiger partial charge on any atom is 0.295 e. The molecule has 0 bridgehead atoms. The summed E-state index contributed by atoms with van der Waals surface area (Å²) in [5.41, 5.74) is 0.721. The first-order valence-corrected chi connectivity index (χ1v) is 6.56. The lowest BCUT2D eigenvalue weighted by Crippen LogP contribution is -2.27. The molecule has 0 radical (unpaired) electrons. The van der Waals surface area contributed by atoms with Crippen LogP contribution in [0.1, 0.15) is 12.8 Å². The lowest BCUT2D eigenvalue weighted by molar-refractivity contribution is 0.446. The van der Waals surface area contributed by atoms with Crippen LogP contribution in [0.5, 0.6) is 0 Å². The molecule has 1 aliphatic rings. The number of hydrogen-bond donors (Lipinski definition) is 1. The van der Waals surface area contributed by atoms with Crippen LogP contribution in [0, 0.1) is 5.82 Å². The van der Waals surface area contributed by atoms with Crippen molar-refractivity contribution >= 4 is 17.1 Å². The van der Waals surface area contributed by atoms with Crippen molar-refractivity contribution in [2.75, 3.05) is 11.9 Å². The van der Waals surface area contributed by atoms with E-state index in [9.17, 15) is 4.39 Å². The average molecular weight is 272 g/mol. The van der Waals surface area contributed by atoms with Gasteiger partial charge in [0.2, 0.25) is 0 Å². The van der Waals surface area contributed by atoms with Gasteiger partial charge in [0.1, 0.15) is 5.52 Å². The number of nitrogens with zero attached hydrogens (tertiary/aromatic N) is 3. The molecule has 2 heterocycles. The van der Waals surface area contributed by atoms with Crippen molar-refractivity contribution in [3.63, 3.8) is 0 Å². The number of halogens is 1. The average Bonchev–Trinajstić information content (AvgIpc) is 2.92. The van der Waals surface area contributed by atoms with E-state index < -0.39 is 5.82 Å². The number of para-hydroxylation sites is 1. The molecule has 4 rings (SSSR count). The van der Waals surface area contributed by atoms with Crippen molar-refractivity contribution in [1.29, 1.82) is 0 Å². The molecular weight excluding hydrogens is 259 g/mol. The Morgan fingerprint density at radius 3 is 2.95 bits per heavy atom. The first-order valence-electron chi connectivity index (χ1n) is 6.56. The molecule has 0 unspecified atom stereocenters. The van der Waals surface area contributed by atoms with Crippen molar-refractivity contribution in [2.45, 2.75) is 18.4 Å². The molecular formula is C14H13FN4O. The van der Waals surface area contributed by atoms with Gasteiger partial charge >= 0.3 is 0 Å². The molecule has 6 heteroatoms. The lowest BCUT2D eigenvalue weighted by atomic mass is 10.3. The monoisotopic (exact) mass is 272 g/mol. The highest BCUT2D eigenvalue weighted by atomic mass is 19.1. The molecule has 1 aliphatic carbocycles. The zero-order valence-corrected chi connectivity index (χ0v) is 10.7. The second-order valence-electron chi connectivity index (χ2n) is 5.14. The van der Waals surface area contributed by atoms with Gasteiger partial charge in [0.15, 0.2) is 11.4 Å². The molecule has 1 fully saturated rings. The summed E-state index contributed by atoms with van der Waals surface area (Å²) in [6, 6.07) is 6.98. The number of benzene rings is 1. The van der Waals surface area contributed by atoms with Gasteiger partial charge in [-0.15, -0.1) is 0 Å². The van der Waals surface area contributed by atoms with Crippen molar-refractivity contribution in [3.8, 4) is 0 Å². The molecule has 1 N–H and O–H groups in total. The highest BCUT2D eigenvalue weighted by molar-refractivity contribution is 5.74. The number of hydrogen-bond acceptors (Lipinski definition) is 4. The maximum atomic E-state index is 13.5. The van der Waals surface area contributed by atoms with E-state index in [0.29, 0.717) is 18.1 Å². The normalized spacial score (nSPS) is 16.4. The van der Waals surface area contributed by atoms with E-state index in [1.54, 1.807) is 18.3 Å². The van der Waals surface area contributed by atoms with Gasteiger partial charge in [0.05, 0.1) is 5.54 Å². The quantitative estimate of drug-likeness (QED) is 0.793. The fraction of sp³-hybridized carbons (Fsp3) is 0.286. The third-order valence-electron chi connectivity index (χ3n) is 3.75. The Morgan fingerprint density at radius 2 is 2.25 bits per heavy atom. The van der Waals surface area contributed by atoms with Gasteiger partial charge in [0.25, 0.3) is 6.01 Å². The van der Waals surface area contributed by atoms with Gasteiger partial charge in [-0.1, -0.05) is 6.07 Å². The van der Waals surface area contributed by atoms with Gasteiger partial charge in [-0.3, -0.25) is 4.68 Å². The Bertz CT molecular complexity index is 746. The molecule has 0 amide bonds. The molecule has 20 heavy (non-hydrogen) atoms. The fourth-order valence-corrected chi connectivity index (χ4v) is 2.41. The van der Waals surface area contributed by atoms with Gasteiger partial charge in [-0.05, 0) is 31.0 Å². The smallest absolute Gasteiger partial charge is 0.295 e. The van der Waals surface area contributed by atoms with E-state index in [2.05, 4.69) is 15.4 Å². The van der Waals surface area contributed by atoms with Gasteiger partial charge in [0, 0.05) is 18.9 Å². The second kappa shape index (κ2) is 4.06. The van der Waals surface area contributed by atoms with Gasteiger partial charge in [-0.2, -0.15) is 10.1 Å². The van der Waals surface area contributed by atoms with Crippen LogP contribution in [0.4, 0.5) is 10.4 Å². The van der Waals surface area contributed by atoms with E-state index >= 15 is 0 Å². The summed E-state index contributed by atoms with van der Waals surface area (Å²) in [5.74, 6) is -0.392. The molecule has 0 spiro atoms. The van der Waals surface area contributed by atoms with Crippen molar-refractivity contribution < 1.29 is 8.81 Å². The summed E-state index contributed by atoms with van der Waals surface area (Å²) in [5, 5.41) is 7.43.